The summed E-state index contributed by atoms with van der Waals surface area (Å²) in [5.41, 5.74) is 4.39. The molecule has 0 spiro atoms. The quantitative estimate of drug-likeness (QED) is 0.0738. The maximum atomic E-state index is 13.4. The highest BCUT2D eigenvalue weighted by Gasteiger charge is 2.56. The lowest BCUT2D eigenvalue weighted by Gasteiger charge is -2.43. The molecule has 11 heteroatoms. The molecule has 0 bridgehead atoms. The summed E-state index contributed by atoms with van der Waals surface area (Å²) in [4.78, 5) is 14.8. The van der Waals surface area contributed by atoms with Crippen molar-refractivity contribution in [2.45, 2.75) is 79.7 Å². The van der Waals surface area contributed by atoms with Crippen LogP contribution in [0.5, 0.6) is 11.5 Å². The minimum atomic E-state index is -1.29. The van der Waals surface area contributed by atoms with Crippen LogP contribution in [0, 0.1) is 0 Å². The molecule has 4 N–H and O–H groups in total. The van der Waals surface area contributed by atoms with Crippen LogP contribution in [0.25, 0.3) is 11.2 Å². The second kappa shape index (κ2) is 19.1. The molecular formula is C56H56N6O5. The Hall–Kier alpha value is -6.89. The molecule has 2 fully saturated rings. The van der Waals surface area contributed by atoms with Crippen LogP contribution in [0.2, 0.25) is 0 Å². The zero-order valence-electron chi connectivity index (χ0n) is 37.7. The summed E-state index contributed by atoms with van der Waals surface area (Å²) in [7, 11) is 3.30. The number of aromatic nitrogens is 4. The van der Waals surface area contributed by atoms with Gasteiger partial charge >= 0.3 is 0 Å². The van der Waals surface area contributed by atoms with Crippen LogP contribution >= 0.6 is 0 Å². The van der Waals surface area contributed by atoms with E-state index in [0.29, 0.717) is 22.7 Å². The number of imidazole rings is 1. The Morgan fingerprint density at radius 3 is 1.61 bits per heavy atom. The number of methoxy groups -OCH3 is 2. The zero-order valence-corrected chi connectivity index (χ0v) is 37.7. The molecule has 3 heterocycles. The van der Waals surface area contributed by atoms with E-state index < -0.39 is 41.5 Å². The molecule has 1 aliphatic carbocycles. The molecule has 67 heavy (non-hydrogen) atoms. The molecule has 1 unspecified atom stereocenters. The van der Waals surface area contributed by atoms with Gasteiger partial charge in [0.25, 0.3) is 0 Å². The standard InChI is InChI=1S/C56H56N6O5/c1-65-45-32-28-40(29-33-45)55(38-18-8-3-9-19-38,39-20-10-4-11-21-39)51(64)50-49(63)47(60-44-26-16-7-17-27-44)54(67-50)62-37-59-48-52(57-36-58-53(48)62)61-56(41-22-12-5-13-23-41,42-24-14-6-15-25-42)43-30-34-46(66-2)35-31-43/h3-6,8-15,18-25,28-37,44,47,49-51,54,60,63-64H,7,16-17,26-27H2,1-2H3,(H,57,58,61)/t47-,49+,50+,51?,54-/m1/s1. The number of nitrogens with zero attached hydrogens (tertiary/aromatic N) is 4. The topological polar surface area (TPSA) is 136 Å². The van der Waals surface area contributed by atoms with E-state index in [1.54, 1.807) is 26.9 Å². The Labute approximate surface area is 391 Å². The summed E-state index contributed by atoms with van der Waals surface area (Å²) in [5, 5.41) is 34.0. The third kappa shape index (κ3) is 8.01. The average molecular weight is 893 g/mol. The number of anilines is 1. The highest BCUT2D eigenvalue weighted by molar-refractivity contribution is 5.84. The van der Waals surface area contributed by atoms with Crippen LogP contribution < -0.4 is 20.1 Å². The number of aliphatic hydroxyl groups excluding tert-OH is 2. The number of hydrogen-bond acceptors (Lipinski definition) is 10. The normalized spacial score (nSPS) is 19.5. The molecule has 1 saturated heterocycles. The van der Waals surface area contributed by atoms with Crippen molar-refractivity contribution in [1.29, 1.82) is 0 Å². The zero-order chi connectivity index (χ0) is 45.8. The molecule has 8 aromatic rings. The number of aliphatic hydroxyl groups is 2. The maximum absolute atomic E-state index is 13.4. The third-order valence-corrected chi connectivity index (χ3v) is 14.0. The number of hydrogen-bond donors (Lipinski definition) is 4. The second-order valence-electron chi connectivity index (χ2n) is 17.6. The van der Waals surface area contributed by atoms with E-state index >= 15 is 0 Å². The first kappa shape index (κ1) is 44.0. The first-order chi connectivity index (χ1) is 32.9. The Balaban J connectivity index is 1.10. The first-order valence-corrected chi connectivity index (χ1v) is 23.2. The number of rotatable bonds is 15. The van der Waals surface area contributed by atoms with Crippen molar-refractivity contribution in [2.75, 3.05) is 19.5 Å². The molecule has 0 amide bonds. The average Bonchev–Trinajstić information content (AvgIpc) is 3.98. The van der Waals surface area contributed by atoms with Crippen LogP contribution in [0.1, 0.15) is 71.7 Å². The monoisotopic (exact) mass is 892 g/mol. The van der Waals surface area contributed by atoms with Gasteiger partial charge in [-0.2, -0.15) is 0 Å². The highest BCUT2D eigenvalue weighted by atomic mass is 16.5. The summed E-state index contributed by atoms with van der Waals surface area (Å²) in [5.74, 6) is 1.94. The van der Waals surface area contributed by atoms with Crippen molar-refractivity contribution in [3.8, 4) is 11.5 Å². The van der Waals surface area contributed by atoms with Crippen molar-refractivity contribution >= 4 is 17.0 Å². The molecule has 11 nitrogen and oxygen atoms in total. The second-order valence-corrected chi connectivity index (χ2v) is 17.6. The molecule has 6 aromatic carbocycles. The van der Waals surface area contributed by atoms with Crippen LogP contribution in [0.4, 0.5) is 5.82 Å². The van der Waals surface area contributed by atoms with E-state index in [1.165, 1.54) is 6.42 Å². The third-order valence-electron chi connectivity index (χ3n) is 14.0. The fourth-order valence-corrected chi connectivity index (χ4v) is 10.7. The summed E-state index contributed by atoms with van der Waals surface area (Å²) in [6.07, 6.45) is 4.23. The van der Waals surface area contributed by atoms with Crippen molar-refractivity contribution in [3.63, 3.8) is 0 Å². The van der Waals surface area contributed by atoms with Gasteiger partial charge in [-0.05, 0) is 70.5 Å². The minimum Gasteiger partial charge on any atom is -0.497 e. The molecule has 10 rings (SSSR count). The van der Waals surface area contributed by atoms with Gasteiger partial charge < -0.3 is 35.1 Å². The Morgan fingerprint density at radius 1 is 0.612 bits per heavy atom. The van der Waals surface area contributed by atoms with Gasteiger partial charge in [-0.25, -0.2) is 15.0 Å². The van der Waals surface area contributed by atoms with Crippen LogP contribution in [0.15, 0.2) is 183 Å². The van der Waals surface area contributed by atoms with Gasteiger partial charge in [0.1, 0.15) is 41.7 Å². The Kier molecular flexibility index (Phi) is 12.6. The van der Waals surface area contributed by atoms with Crippen LogP contribution in [0.3, 0.4) is 0 Å². The molecule has 1 aliphatic heterocycles. The summed E-state index contributed by atoms with van der Waals surface area (Å²) in [6.45, 7) is 0. The number of nitrogens with one attached hydrogen (secondary N) is 2. The fraction of sp³-hybridized carbons (Fsp3) is 0.268. The van der Waals surface area contributed by atoms with Crippen molar-refractivity contribution < 1.29 is 24.4 Å². The Morgan fingerprint density at radius 2 is 1.09 bits per heavy atom. The van der Waals surface area contributed by atoms with E-state index in [2.05, 4.69) is 47.0 Å². The largest absolute Gasteiger partial charge is 0.497 e. The van der Waals surface area contributed by atoms with E-state index in [-0.39, 0.29) is 6.04 Å². The maximum Gasteiger partial charge on any atom is 0.167 e. The lowest BCUT2D eigenvalue weighted by molar-refractivity contribution is -0.0962. The van der Waals surface area contributed by atoms with Gasteiger partial charge in [-0.1, -0.05) is 165 Å². The predicted molar refractivity (Wildman–Crippen MR) is 260 cm³/mol. The van der Waals surface area contributed by atoms with E-state index in [0.717, 1.165) is 64.8 Å². The molecule has 2 aromatic heterocycles. The summed E-state index contributed by atoms with van der Waals surface area (Å²) < 4.78 is 20.2. The van der Waals surface area contributed by atoms with E-state index in [1.807, 2.05) is 138 Å². The highest BCUT2D eigenvalue weighted by Crippen LogP contribution is 2.48. The van der Waals surface area contributed by atoms with Crippen LogP contribution in [-0.2, 0) is 15.7 Å². The summed E-state index contributed by atoms with van der Waals surface area (Å²) in [6, 6.07) is 56.0. The molecular weight excluding hydrogens is 837 g/mol. The molecule has 340 valence electrons. The minimum absolute atomic E-state index is 0.147. The van der Waals surface area contributed by atoms with Gasteiger partial charge in [0.05, 0.1) is 32.0 Å². The fourth-order valence-electron chi connectivity index (χ4n) is 10.7. The number of benzene rings is 6. The van der Waals surface area contributed by atoms with Crippen molar-refractivity contribution in [1.82, 2.24) is 24.8 Å². The molecule has 2 aliphatic rings. The molecule has 5 atom stereocenters. The van der Waals surface area contributed by atoms with Gasteiger partial charge in [0, 0.05) is 6.04 Å². The SMILES string of the molecule is COc1ccc(C(Nc2ncnc3c2ncn3[C@@H]2O[C@H](C(O)C(c3ccccc3)(c3ccccc3)c3ccc(OC)cc3)[C@@H](O)[C@H]2NC2CCCCC2)(c2ccccc2)c2ccccc2)cc1. The first-order valence-electron chi connectivity index (χ1n) is 23.2. The van der Waals surface area contributed by atoms with Crippen molar-refractivity contribution in [2.24, 2.45) is 0 Å². The summed E-state index contributed by atoms with van der Waals surface area (Å²) >= 11 is 0. The van der Waals surface area contributed by atoms with Gasteiger partial charge in [-0.15, -0.1) is 0 Å². The number of fused-ring (bicyclic) bond motifs is 1. The lowest BCUT2D eigenvalue weighted by Crippen LogP contribution is -2.54. The molecule has 1 saturated carbocycles. The van der Waals surface area contributed by atoms with Crippen LogP contribution in [-0.4, -0.2) is 74.3 Å². The van der Waals surface area contributed by atoms with Crippen molar-refractivity contribution in [3.05, 3.63) is 216 Å². The van der Waals surface area contributed by atoms with Gasteiger partial charge in [-0.3, -0.25) is 4.57 Å². The number of ether oxygens (including phenoxy) is 3. The van der Waals surface area contributed by atoms with E-state index in [9.17, 15) is 10.2 Å². The van der Waals surface area contributed by atoms with Gasteiger partial charge in [0.15, 0.2) is 23.2 Å². The lowest BCUT2D eigenvalue weighted by atomic mass is 9.64. The molecule has 0 radical (unpaired) electrons. The predicted octanol–water partition coefficient (Wildman–Crippen LogP) is 9.19. The smallest absolute Gasteiger partial charge is 0.167 e. The van der Waals surface area contributed by atoms with Gasteiger partial charge in [0.2, 0.25) is 0 Å². The van der Waals surface area contributed by atoms with E-state index in [4.69, 9.17) is 29.2 Å². The Bertz CT molecular complexity index is 2760.